The maximum absolute atomic E-state index is 11.0. The minimum atomic E-state index is 0.127. The summed E-state index contributed by atoms with van der Waals surface area (Å²) in [5, 5.41) is 0. The van der Waals surface area contributed by atoms with Gasteiger partial charge in [-0.3, -0.25) is 4.79 Å². The van der Waals surface area contributed by atoms with Crippen LogP contribution in [-0.2, 0) is 4.79 Å². The van der Waals surface area contributed by atoms with Gasteiger partial charge >= 0.3 is 0 Å². The van der Waals surface area contributed by atoms with E-state index in [1.54, 1.807) is 11.8 Å². The number of carbonyl (C=O) groups is 1. The molecule has 0 radical (unpaired) electrons. The molecule has 0 bridgehead atoms. The first-order chi connectivity index (χ1) is 5.25. The highest BCUT2D eigenvalue weighted by atomic mass is 16.2. The van der Waals surface area contributed by atoms with E-state index in [9.17, 15) is 4.79 Å². The molecule has 0 unspecified atom stereocenters. The highest BCUT2D eigenvalue weighted by molar-refractivity contribution is 5.75. The molecule has 0 saturated heterocycles. The van der Waals surface area contributed by atoms with E-state index in [0.29, 0.717) is 0 Å². The topological polar surface area (TPSA) is 20.3 Å². The van der Waals surface area contributed by atoms with Gasteiger partial charge in [-0.2, -0.15) is 0 Å². The van der Waals surface area contributed by atoms with Crippen molar-refractivity contribution in [2.75, 3.05) is 6.54 Å². The lowest BCUT2D eigenvalue weighted by Gasteiger charge is -2.19. The van der Waals surface area contributed by atoms with Crippen LogP contribution >= 0.6 is 0 Å². The first kappa shape index (κ1) is 8.05. The molecular formula is C9H13NO. The van der Waals surface area contributed by atoms with Crippen molar-refractivity contribution in [1.82, 2.24) is 4.90 Å². The number of rotatable bonds is 2. The highest BCUT2D eigenvalue weighted by Crippen LogP contribution is 2.15. The van der Waals surface area contributed by atoms with E-state index in [0.717, 1.165) is 18.7 Å². The van der Waals surface area contributed by atoms with Crippen LogP contribution in [0.5, 0.6) is 0 Å². The van der Waals surface area contributed by atoms with Crippen LogP contribution in [0, 0.1) is 0 Å². The molecule has 1 amide bonds. The Morgan fingerprint density at radius 3 is 2.82 bits per heavy atom. The minimum Gasteiger partial charge on any atom is -0.316 e. The third-order valence-corrected chi connectivity index (χ3v) is 1.79. The summed E-state index contributed by atoms with van der Waals surface area (Å²) in [6, 6.07) is 0. The Labute approximate surface area is 67.2 Å². The van der Waals surface area contributed by atoms with Gasteiger partial charge in [0.05, 0.1) is 0 Å². The molecule has 11 heavy (non-hydrogen) atoms. The summed E-state index contributed by atoms with van der Waals surface area (Å²) in [4.78, 5) is 12.8. The third-order valence-electron chi connectivity index (χ3n) is 1.79. The van der Waals surface area contributed by atoms with E-state index in [4.69, 9.17) is 0 Å². The van der Waals surface area contributed by atoms with Crippen LogP contribution in [0.25, 0.3) is 0 Å². The highest BCUT2D eigenvalue weighted by Gasteiger charge is 2.11. The fourth-order valence-electron chi connectivity index (χ4n) is 1.26. The Bertz CT molecular complexity index is 216. The van der Waals surface area contributed by atoms with Gasteiger partial charge in [-0.1, -0.05) is 12.2 Å². The lowest BCUT2D eigenvalue weighted by atomic mass is 10.3. The third kappa shape index (κ3) is 1.70. The Kier molecular flexibility index (Phi) is 2.47. The van der Waals surface area contributed by atoms with Gasteiger partial charge in [-0.05, 0) is 13.0 Å². The van der Waals surface area contributed by atoms with Crippen LogP contribution < -0.4 is 0 Å². The summed E-state index contributed by atoms with van der Waals surface area (Å²) in [5.41, 5.74) is 1.11. The van der Waals surface area contributed by atoms with Crippen LogP contribution in [0.4, 0.5) is 0 Å². The maximum atomic E-state index is 11.0. The van der Waals surface area contributed by atoms with E-state index in [2.05, 4.69) is 6.08 Å². The van der Waals surface area contributed by atoms with Crippen molar-refractivity contribution in [2.45, 2.75) is 20.3 Å². The number of allylic oxidation sites excluding steroid dienone is 3. The van der Waals surface area contributed by atoms with Gasteiger partial charge in [0.2, 0.25) is 5.91 Å². The van der Waals surface area contributed by atoms with Crippen LogP contribution in [0.2, 0.25) is 0 Å². The molecule has 1 rings (SSSR count). The van der Waals surface area contributed by atoms with Gasteiger partial charge in [-0.25, -0.2) is 0 Å². The average molecular weight is 151 g/mol. The Balaban J connectivity index is 2.63. The fraction of sp³-hybridized carbons (Fsp3) is 0.444. The van der Waals surface area contributed by atoms with Crippen LogP contribution in [0.3, 0.4) is 0 Å². The summed E-state index contributed by atoms with van der Waals surface area (Å²) in [6.07, 6.45) is 6.93. The van der Waals surface area contributed by atoms with Crippen LogP contribution in [0.15, 0.2) is 23.9 Å². The fourth-order valence-corrected chi connectivity index (χ4v) is 1.26. The molecule has 0 aliphatic heterocycles. The molecule has 0 fully saturated rings. The van der Waals surface area contributed by atoms with Crippen molar-refractivity contribution in [2.24, 2.45) is 0 Å². The monoisotopic (exact) mass is 151 g/mol. The standard InChI is InChI=1S/C9H13NO/c1-3-10(8(2)11)9-6-4-5-7-9/h4-6H,3,7H2,1-2H3. The number of amides is 1. The number of carbonyl (C=O) groups excluding carboxylic acids is 1. The molecule has 0 aromatic rings. The quantitative estimate of drug-likeness (QED) is 0.588. The Morgan fingerprint density at radius 2 is 2.45 bits per heavy atom. The smallest absolute Gasteiger partial charge is 0.223 e. The van der Waals surface area contributed by atoms with Gasteiger partial charge in [0.25, 0.3) is 0 Å². The molecule has 0 atom stereocenters. The number of hydrogen-bond donors (Lipinski definition) is 0. The average Bonchev–Trinajstić information content (AvgIpc) is 2.40. The van der Waals surface area contributed by atoms with E-state index in [1.807, 2.05) is 19.1 Å². The summed E-state index contributed by atoms with van der Waals surface area (Å²) >= 11 is 0. The summed E-state index contributed by atoms with van der Waals surface area (Å²) in [5.74, 6) is 0.127. The first-order valence-electron chi connectivity index (χ1n) is 3.89. The summed E-state index contributed by atoms with van der Waals surface area (Å²) < 4.78 is 0. The molecular weight excluding hydrogens is 138 g/mol. The predicted molar refractivity (Wildman–Crippen MR) is 44.9 cm³/mol. The van der Waals surface area contributed by atoms with Gasteiger partial charge in [0.1, 0.15) is 0 Å². The van der Waals surface area contributed by atoms with Crippen molar-refractivity contribution in [3.8, 4) is 0 Å². The number of nitrogens with zero attached hydrogens (tertiary/aromatic N) is 1. The largest absolute Gasteiger partial charge is 0.316 e. The molecule has 0 spiro atoms. The van der Waals surface area contributed by atoms with E-state index < -0.39 is 0 Å². The Hall–Kier alpha value is -1.05. The zero-order chi connectivity index (χ0) is 8.27. The molecule has 1 aliphatic carbocycles. The van der Waals surface area contributed by atoms with E-state index in [-0.39, 0.29) is 5.91 Å². The summed E-state index contributed by atoms with van der Waals surface area (Å²) in [6.45, 7) is 4.35. The van der Waals surface area contributed by atoms with Crippen molar-refractivity contribution in [3.63, 3.8) is 0 Å². The lowest BCUT2D eigenvalue weighted by molar-refractivity contribution is -0.126. The van der Waals surface area contributed by atoms with Gasteiger partial charge < -0.3 is 4.90 Å². The molecule has 0 saturated carbocycles. The molecule has 0 aromatic heterocycles. The van der Waals surface area contributed by atoms with Gasteiger partial charge in [0, 0.05) is 25.6 Å². The zero-order valence-corrected chi connectivity index (χ0v) is 7.00. The SMILES string of the molecule is CCN(C(C)=O)C1=CC=CC1. The molecule has 60 valence electrons. The normalized spacial score (nSPS) is 14.9. The molecule has 2 nitrogen and oxygen atoms in total. The van der Waals surface area contributed by atoms with Crippen LogP contribution in [0.1, 0.15) is 20.3 Å². The molecule has 0 heterocycles. The first-order valence-corrected chi connectivity index (χ1v) is 3.89. The van der Waals surface area contributed by atoms with E-state index >= 15 is 0 Å². The maximum Gasteiger partial charge on any atom is 0.223 e. The lowest BCUT2D eigenvalue weighted by Crippen LogP contribution is -2.26. The molecule has 0 aromatic carbocycles. The van der Waals surface area contributed by atoms with E-state index in [1.165, 1.54) is 0 Å². The Morgan fingerprint density at radius 1 is 1.73 bits per heavy atom. The second-order valence-electron chi connectivity index (χ2n) is 2.55. The van der Waals surface area contributed by atoms with Crippen molar-refractivity contribution < 1.29 is 4.79 Å². The molecule has 1 aliphatic rings. The van der Waals surface area contributed by atoms with Gasteiger partial charge in [0.15, 0.2) is 0 Å². The van der Waals surface area contributed by atoms with Crippen molar-refractivity contribution in [3.05, 3.63) is 23.9 Å². The van der Waals surface area contributed by atoms with Crippen molar-refractivity contribution >= 4 is 5.91 Å². The van der Waals surface area contributed by atoms with Crippen molar-refractivity contribution in [1.29, 1.82) is 0 Å². The second kappa shape index (κ2) is 3.37. The zero-order valence-electron chi connectivity index (χ0n) is 7.00. The summed E-state index contributed by atoms with van der Waals surface area (Å²) in [7, 11) is 0. The predicted octanol–water partition coefficient (Wildman–Crippen LogP) is 1.70. The minimum absolute atomic E-state index is 0.127. The molecule has 0 N–H and O–H groups in total. The second-order valence-corrected chi connectivity index (χ2v) is 2.55. The van der Waals surface area contributed by atoms with Crippen LogP contribution in [-0.4, -0.2) is 17.4 Å². The number of hydrogen-bond acceptors (Lipinski definition) is 1. The van der Waals surface area contributed by atoms with Gasteiger partial charge in [-0.15, -0.1) is 0 Å². The molecule has 2 heteroatoms.